The zero-order valence-electron chi connectivity index (χ0n) is 14.2. The highest BCUT2D eigenvalue weighted by atomic mass is 32.2. The minimum Gasteiger partial charge on any atom is -0.342 e. The molecule has 132 valence electrons. The summed E-state index contributed by atoms with van der Waals surface area (Å²) in [5.41, 5.74) is 2.37. The Morgan fingerprint density at radius 2 is 1.60 bits per heavy atom. The molecule has 0 aliphatic carbocycles. The molecule has 2 aromatic rings. The fourth-order valence-corrected chi connectivity index (χ4v) is 3.93. The first-order valence-corrected chi connectivity index (χ1v) is 9.88. The second kappa shape index (κ2) is 7.27. The number of aryl methyl sites for hydroxylation is 1. The number of rotatable bonds is 5. The Hall–Kier alpha value is -2.34. The van der Waals surface area contributed by atoms with E-state index in [0.29, 0.717) is 12.1 Å². The molecule has 0 aromatic heterocycles. The molecule has 0 atom stereocenters. The highest BCUT2D eigenvalue weighted by Gasteiger charge is 2.18. The van der Waals surface area contributed by atoms with Crippen molar-refractivity contribution in [3.63, 3.8) is 0 Å². The van der Waals surface area contributed by atoms with E-state index in [4.69, 9.17) is 0 Å². The highest BCUT2D eigenvalue weighted by Crippen LogP contribution is 2.18. The molecule has 1 saturated heterocycles. The first-order valence-electron chi connectivity index (χ1n) is 8.40. The van der Waals surface area contributed by atoms with E-state index in [-0.39, 0.29) is 10.8 Å². The van der Waals surface area contributed by atoms with Gasteiger partial charge >= 0.3 is 0 Å². The van der Waals surface area contributed by atoms with E-state index in [1.165, 1.54) is 0 Å². The van der Waals surface area contributed by atoms with Crippen molar-refractivity contribution in [3.05, 3.63) is 59.7 Å². The van der Waals surface area contributed by atoms with E-state index >= 15 is 0 Å². The monoisotopic (exact) mass is 358 g/mol. The molecule has 1 fully saturated rings. The third-order valence-corrected chi connectivity index (χ3v) is 5.75. The summed E-state index contributed by atoms with van der Waals surface area (Å²) in [5, 5.41) is 0. The van der Waals surface area contributed by atoms with Crippen LogP contribution in [0.25, 0.3) is 0 Å². The van der Waals surface area contributed by atoms with Crippen LogP contribution in [-0.2, 0) is 21.2 Å². The average Bonchev–Trinajstić information content (AvgIpc) is 3.11. The van der Waals surface area contributed by atoms with Gasteiger partial charge in [0.1, 0.15) is 0 Å². The van der Waals surface area contributed by atoms with Crippen molar-refractivity contribution in [2.75, 3.05) is 17.8 Å². The minimum absolute atomic E-state index is 0.130. The second-order valence-electron chi connectivity index (χ2n) is 6.38. The maximum atomic E-state index is 12.4. The molecule has 0 bridgehead atoms. The van der Waals surface area contributed by atoms with Crippen LogP contribution in [-0.4, -0.2) is 32.3 Å². The number of amides is 1. The molecule has 1 aliphatic heterocycles. The predicted molar refractivity (Wildman–Crippen MR) is 97.9 cm³/mol. The van der Waals surface area contributed by atoms with Crippen molar-refractivity contribution in [2.45, 2.75) is 31.1 Å². The Balaban J connectivity index is 1.65. The average molecular weight is 358 g/mol. The topological polar surface area (TPSA) is 66.5 Å². The van der Waals surface area contributed by atoms with Gasteiger partial charge in [0.15, 0.2) is 0 Å². The van der Waals surface area contributed by atoms with Crippen LogP contribution in [0, 0.1) is 6.92 Å². The lowest BCUT2D eigenvalue weighted by Crippen LogP contribution is -2.29. The van der Waals surface area contributed by atoms with Crippen LogP contribution < -0.4 is 4.72 Å². The predicted octanol–water partition coefficient (Wildman–Crippen LogP) is 2.96. The van der Waals surface area contributed by atoms with Crippen molar-refractivity contribution in [1.82, 2.24) is 4.90 Å². The summed E-state index contributed by atoms with van der Waals surface area (Å²) >= 11 is 0. The fraction of sp³-hybridized carbons (Fsp3) is 0.316. The van der Waals surface area contributed by atoms with Gasteiger partial charge in [0.25, 0.3) is 10.0 Å². The maximum Gasteiger partial charge on any atom is 0.261 e. The lowest BCUT2D eigenvalue weighted by atomic mass is 10.1. The van der Waals surface area contributed by atoms with E-state index in [9.17, 15) is 13.2 Å². The Labute approximate surface area is 148 Å². The summed E-state index contributed by atoms with van der Waals surface area (Å²) in [5.74, 6) is 0.130. The number of nitrogens with zero attached hydrogens (tertiary/aromatic N) is 1. The fourth-order valence-electron chi connectivity index (χ4n) is 2.88. The standard InChI is InChI=1S/C19H22N2O3S/c1-15-4-10-18(11-5-15)25(23,24)20-17-8-6-16(7-9-17)14-19(22)21-12-2-3-13-21/h4-11,20H,2-3,12-14H2,1H3. The molecule has 0 unspecified atom stereocenters. The molecular weight excluding hydrogens is 336 g/mol. The van der Waals surface area contributed by atoms with Gasteiger partial charge in [0.05, 0.1) is 11.3 Å². The molecule has 0 saturated carbocycles. The van der Waals surface area contributed by atoms with Gasteiger partial charge in [-0.05, 0) is 49.6 Å². The number of carbonyl (C=O) groups excluding carboxylic acids is 1. The van der Waals surface area contributed by atoms with Gasteiger partial charge in [0, 0.05) is 18.8 Å². The molecule has 1 amide bonds. The molecule has 1 aliphatic rings. The number of anilines is 1. The Bertz CT molecular complexity index is 837. The van der Waals surface area contributed by atoms with Crippen LogP contribution >= 0.6 is 0 Å². The van der Waals surface area contributed by atoms with Crippen molar-refractivity contribution < 1.29 is 13.2 Å². The van der Waals surface area contributed by atoms with E-state index in [0.717, 1.165) is 37.1 Å². The van der Waals surface area contributed by atoms with Crippen LogP contribution in [0.15, 0.2) is 53.4 Å². The largest absolute Gasteiger partial charge is 0.342 e. The summed E-state index contributed by atoms with van der Waals surface area (Å²) in [7, 11) is -3.60. The summed E-state index contributed by atoms with van der Waals surface area (Å²) in [6.07, 6.45) is 2.50. The molecule has 1 heterocycles. The lowest BCUT2D eigenvalue weighted by Gasteiger charge is -2.15. The summed E-state index contributed by atoms with van der Waals surface area (Å²) in [6, 6.07) is 13.7. The second-order valence-corrected chi connectivity index (χ2v) is 8.06. The summed E-state index contributed by atoms with van der Waals surface area (Å²) in [4.78, 5) is 14.3. The first-order chi connectivity index (χ1) is 11.9. The first kappa shape index (κ1) is 17.5. The Morgan fingerprint density at radius 3 is 2.20 bits per heavy atom. The van der Waals surface area contributed by atoms with Crippen LogP contribution in [0.1, 0.15) is 24.0 Å². The van der Waals surface area contributed by atoms with E-state index in [1.54, 1.807) is 48.5 Å². The zero-order chi connectivity index (χ0) is 17.9. The quantitative estimate of drug-likeness (QED) is 0.894. The van der Waals surface area contributed by atoms with Gasteiger partial charge < -0.3 is 4.90 Å². The zero-order valence-corrected chi connectivity index (χ0v) is 15.1. The number of likely N-dealkylation sites (tertiary alicyclic amines) is 1. The third-order valence-electron chi connectivity index (χ3n) is 4.35. The van der Waals surface area contributed by atoms with Crippen molar-refractivity contribution in [1.29, 1.82) is 0 Å². The molecule has 5 nitrogen and oxygen atoms in total. The lowest BCUT2D eigenvalue weighted by molar-refractivity contribution is -0.129. The van der Waals surface area contributed by atoms with Gasteiger partial charge in [-0.3, -0.25) is 9.52 Å². The number of nitrogens with one attached hydrogen (secondary N) is 1. The smallest absolute Gasteiger partial charge is 0.261 e. The number of hydrogen-bond acceptors (Lipinski definition) is 3. The van der Waals surface area contributed by atoms with E-state index in [2.05, 4.69) is 4.72 Å². The van der Waals surface area contributed by atoms with Gasteiger partial charge in [-0.2, -0.15) is 0 Å². The van der Waals surface area contributed by atoms with Crippen LogP contribution in [0.4, 0.5) is 5.69 Å². The summed E-state index contributed by atoms with van der Waals surface area (Å²) < 4.78 is 27.3. The molecule has 0 spiro atoms. The summed E-state index contributed by atoms with van der Waals surface area (Å²) in [6.45, 7) is 3.59. The number of benzene rings is 2. The number of carbonyl (C=O) groups is 1. The van der Waals surface area contributed by atoms with Crippen molar-refractivity contribution in [3.8, 4) is 0 Å². The minimum atomic E-state index is -3.60. The van der Waals surface area contributed by atoms with Gasteiger partial charge in [-0.25, -0.2) is 8.42 Å². The maximum absolute atomic E-state index is 12.4. The normalized spacial score (nSPS) is 14.5. The van der Waals surface area contributed by atoms with E-state index < -0.39 is 10.0 Å². The number of sulfonamides is 1. The molecular formula is C19H22N2O3S. The molecule has 6 heteroatoms. The highest BCUT2D eigenvalue weighted by molar-refractivity contribution is 7.92. The number of hydrogen-bond donors (Lipinski definition) is 1. The van der Waals surface area contributed by atoms with Crippen molar-refractivity contribution >= 4 is 21.6 Å². The van der Waals surface area contributed by atoms with E-state index in [1.807, 2.05) is 11.8 Å². The molecule has 3 rings (SSSR count). The molecule has 25 heavy (non-hydrogen) atoms. The third kappa shape index (κ3) is 4.39. The van der Waals surface area contributed by atoms with Gasteiger partial charge in [0.2, 0.25) is 5.91 Å². The molecule has 1 N–H and O–H groups in total. The van der Waals surface area contributed by atoms with Crippen molar-refractivity contribution in [2.24, 2.45) is 0 Å². The SMILES string of the molecule is Cc1ccc(S(=O)(=O)Nc2ccc(CC(=O)N3CCCC3)cc2)cc1. The van der Waals surface area contributed by atoms with Crippen LogP contribution in [0.2, 0.25) is 0 Å². The molecule has 0 radical (unpaired) electrons. The van der Waals surface area contributed by atoms with Crippen LogP contribution in [0.3, 0.4) is 0 Å². The molecule has 2 aromatic carbocycles. The Kier molecular flexibility index (Phi) is 5.08. The van der Waals surface area contributed by atoms with Gasteiger partial charge in [-0.15, -0.1) is 0 Å². The van der Waals surface area contributed by atoms with Gasteiger partial charge in [-0.1, -0.05) is 29.8 Å². The Morgan fingerprint density at radius 1 is 1.00 bits per heavy atom. The van der Waals surface area contributed by atoms with Crippen LogP contribution in [0.5, 0.6) is 0 Å².